The minimum Gasteiger partial charge on any atom is -0.380 e. The molecule has 2 aliphatic heterocycles. The number of nitrogens with one attached hydrogen (secondary N) is 1. The van der Waals surface area contributed by atoms with Gasteiger partial charge in [-0.1, -0.05) is 6.92 Å². The van der Waals surface area contributed by atoms with E-state index in [2.05, 4.69) is 17.1 Å². The molecule has 0 aromatic heterocycles. The third-order valence-electron chi connectivity index (χ3n) is 3.52. The Morgan fingerprint density at radius 2 is 2.00 bits per heavy atom. The Labute approximate surface area is 86.8 Å². The van der Waals surface area contributed by atoms with Crippen molar-refractivity contribution in [3.8, 4) is 0 Å². The normalized spacial score (nSPS) is 30.0. The molecular formula is C11H22N2O. The van der Waals surface area contributed by atoms with Crippen LogP contribution in [-0.4, -0.2) is 49.8 Å². The van der Waals surface area contributed by atoms with E-state index >= 15 is 0 Å². The zero-order valence-corrected chi connectivity index (χ0v) is 9.17. The summed E-state index contributed by atoms with van der Waals surface area (Å²) >= 11 is 0. The standard InChI is InChI=1S/C11H22N2O/c1-2-13(11-5-8-14-9-11)10-3-6-12-7-4-10/h10-12H,2-9H2,1H3/t11-/m0/s1. The van der Waals surface area contributed by atoms with Crippen LogP contribution in [0.5, 0.6) is 0 Å². The van der Waals surface area contributed by atoms with Crippen LogP contribution in [0.1, 0.15) is 26.2 Å². The summed E-state index contributed by atoms with van der Waals surface area (Å²) in [6, 6.07) is 1.50. The van der Waals surface area contributed by atoms with Crippen molar-refractivity contribution in [3.63, 3.8) is 0 Å². The minimum atomic E-state index is 0.697. The molecule has 1 atom stereocenters. The highest BCUT2D eigenvalue weighted by molar-refractivity contribution is 4.84. The lowest BCUT2D eigenvalue weighted by Gasteiger charge is -2.37. The van der Waals surface area contributed by atoms with Crippen LogP contribution in [-0.2, 0) is 4.74 Å². The fourth-order valence-electron chi connectivity index (χ4n) is 2.74. The van der Waals surface area contributed by atoms with E-state index in [1.165, 1.54) is 38.9 Å². The number of piperidine rings is 1. The Kier molecular flexibility index (Phi) is 3.79. The summed E-state index contributed by atoms with van der Waals surface area (Å²) in [5.74, 6) is 0. The molecule has 3 heteroatoms. The molecule has 0 amide bonds. The average Bonchev–Trinajstić information content (AvgIpc) is 2.74. The lowest BCUT2D eigenvalue weighted by atomic mass is 10.0. The van der Waals surface area contributed by atoms with Crippen molar-refractivity contribution in [1.82, 2.24) is 10.2 Å². The smallest absolute Gasteiger partial charge is 0.0622 e. The van der Waals surface area contributed by atoms with Gasteiger partial charge in [-0.05, 0) is 38.9 Å². The molecule has 0 aliphatic carbocycles. The zero-order valence-electron chi connectivity index (χ0n) is 9.17. The summed E-state index contributed by atoms with van der Waals surface area (Å²) in [4.78, 5) is 2.66. The van der Waals surface area contributed by atoms with E-state index < -0.39 is 0 Å². The molecule has 0 bridgehead atoms. The molecule has 2 fully saturated rings. The fourth-order valence-corrected chi connectivity index (χ4v) is 2.74. The molecule has 2 heterocycles. The Hall–Kier alpha value is -0.120. The third-order valence-corrected chi connectivity index (χ3v) is 3.52. The maximum absolute atomic E-state index is 5.47. The summed E-state index contributed by atoms with van der Waals surface area (Å²) in [6.45, 7) is 7.76. The van der Waals surface area contributed by atoms with E-state index in [-0.39, 0.29) is 0 Å². The zero-order chi connectivity index (χ0) is 9.80. The molecule has 0 radical (unpaired) electrons. The second-order valence-corrected chi connectivity index (χ2v) is 4.33. The van der Waals surface area contributed by atoms with Crippen molar-refractivity contribution in [1.29, 1.82) is 0 Å². The molecule has 14 heavy (non-hydrogen) atoms. The predicted molar refractivity (Wildman–Crippen MR) is 57.5 cm³/mol. The second-order valence-electron chi connectivity index (χ2n) is 4.33. The first-order valence-electron chi connectivity index (χ1n) is 5.96. The van der Waals surface area contributed by atoms with E-state index in [0.29, 0.717) is 6.04 Å². The van der Waals surface area contributed by atoms with E-state index in [1.54, 1.807) is 0 Å². The first-order valence-corrected chi connectivity index (χ1v) is 5.96. The largest absolute Gasteiger partial charge is 0.380 e. The van der Waals surface area contributed by atoms with Crippen LogP contribution in [0.25, 0.3) is 0 Å². The van der Waals surface area contributed by atoms with Gasteiger partial charge in [-0.15, -0.1) is 0 Å². The summed E-state index contributed by atoms with van der Waals surface area (Å²) in [7, 11) is 0. The second kappa shape index (κ2) is 5.10. The van der Waals surface area contributed by atoms with Crippen molar-refractivity contribution >= 4 is 0 Å². The molecule has 0 spiro atoms. The molecular weight excluding hydrogens is 176 g/mol. The third kappa shape index (κ3) is 2.27. The first-order chi connectivity index (χ1) is 6.92. The lowest BCUT2D eigenvalue weighted by Crippen LogP contribution is -2.48. The van der Waals surface area contributed by atoms with Crippen molar-refractivity contribution in [2.45, 2.75) is 38.3 Å². The van der Waals surface area contributed by atoms with Gasteiger partial charge in [0, 0.05) is 18.7 Å². The van der Waals surface area contributed by atoms with Gasteiger partial charge < -0.3 is 10.1 Å². The maximum Gasteiger partial charge on any atom is 0.0622 e. The van der Waals surface area contributed by atoms with Crippen LogP contribution in [0, 0.1) is 0 Å². The molecule has 82 valence electrons. The van der Waals surface area contributed by atoms with E-state index in [1.807, 2.05) is 0 Å². The summed E-state index contributed by atoms with van der Waals surface area (Å²) in [5.41, 5.74) is 0. The van der Waals surface area contributed by atoms with Crippen molar-refractivity contribution in [2.24, 2.45) is 0 Å². The SMILES string of the molecule is CCN(C1CCNCC1)[C@H]1CCOC1. The van der Waals surface area contributed by atoms with Crippen LogP contribution in [0.3, 0.4) is 0 Å². The van der Waals surface area contributed by atoms with Crippen LogP contribution in [0.2, 0.25) is 0 Å². The van der Waals surface area contributed by atoms with Crippen LogP contribution in [0.4, 0.5) is 0 Å². The Morgan fingerprint density at radius 1 is 1.21 bits per heavy atom. The van der Waals surface area contributed by atoms with Crippen LogP contribution >= 0.6 is 0 Å². The van der Waals surface area contributed by atoms with Gasteiger partial charge in [-0.25, -0.2) is 0 Å². The maximum atomic E-state index is 5.47. The number of hydrogen-bond acceptors (Lipinski definition) is 3. The van der Waals surface area contributed by atoms with Crippen molar-refractivity contribution in [3.05, 3.63) is 0 Å². The Balaban J connectivity index is 1.89. The highest BCUT2D eigenvalue weighted by Gasteiger charge is 2.28. The number of ether oxygens (including phenoxy) is 1. The summed E-state index contributed by atoms with van der Waals surface area (Å²) in [6.07, 6.45) is 3.85. The van der Waals surface area contributed by atoms with Crippen molar-refractivity contribution < 1.29 is 4.74 Å². The van der Waals surface area contributed by atoms with Gasteiger partial charge in [0.25, 0.3) is 0 Å². The number of nitrogens with zero attached hydrogens (tertiary/aromatic N) is 1. The van der Waals surface area contributed by atoms with E-state index in [4.69, 9.17) is 4.74 Å². The van der Waals surface area contributed by atoms with Crippen LogP contribution in [0.15, 0.2) is 0 Å². The predicted octanol–water partition coefficient (Wildman–Crippen LogP) is 0.849. The topological polar surface area (TPSA) is 24.5 Å². The molecule has 0 unspecified atom stereocenters. The molecule has 0 aromatic carbocycles. The van der Waals surface area contributed by atoms with Gasteiger partial charge in [0.2, 0.25) is 0 Å². The highest BCUT2D eigenvalue weighted by Crippen LogP contribution is 2.19. The molecule has 0 saturated carbocycles. The van der Waals surface area contributed by atoms with Gasteiger partial charge in [-0.3, -0.25) is 4.90 Å². The number of rotatable bonds is 3. The number of hydrogen-bond donors (Lipinski definition) is 1. The molecule has 0 aromatic rings. The minimum absolute atomic E-state index is 0.697. The quantitative estimate of drug-likeness (QED) is 0.727. The average molecular weight is 198 g/mol. The number of likely N-dealkylation sites (N-methyl/N-ethyl adjacent to an activating group) is 1. The highest BCUT2D eigenvalue weighted by atomic mass is 16.5. The fraction of sp³-hybridized carbons (Fsp3) is 1.00. The molecule has 2 rings (SSSR count). The Morgan fingerprint density at radius 3 is 2.57 bits per heavy atom. The monoisotopic (exact) mass is 198 g/mol. The van der Waals surface area contributed by atoms with Gasteiger partial charge in [0.1, 0.15) is 0 Å². The van der Waals surface area contributed by atoms with Crippen molar-refractivity contribution in [2.75, 3.05) is 32.8 Å². The molecule has 2 saturated heterocycles. The van der Waals surface area contributed by atoms with E-state index in [9.17, 15) is 0 Å². The van der Waals surface area contributed by atoms with E-state index in [0.717, 1.165) is 19.3 Å². The van der Waals surface area contributed by atoms with Gasteiger partial charge in [0.15, 0.2) is 0 Å². The lowest BCUT2D eigenvalue weighted by molar-refractivity contribution is 0.0967. The summed E-state index contributed by atoms with van der Waals surface area (Å²) < 4.78 is 5.47. The molecule has 3 nitrogen and oxygen atoms in total. The molecule has 2 aliphatic rings. The first kappa shape index (κ1) is 10.4. The summed E-state index contributed by atoms with van der Waals surface area (Å²) in [5, 5.41) is 3.43. The van der Waals surface area contributed by atoms with Gasteiger partial charge >= 0.3 is 0 Å². The molecule has 1 N–H and O–H groups in total. The Bertz CT molecular complexity index is 163. The van der Waals surface area contributed by atoms with Gasteiger partial charge in [-0.2, -0.15) is 0 Å². The van der Waals surface area contributed by atoms with Crippen LogP contribution < -0.4 is 5.32 Å². The van der Waals surface area contributed by atoms with Gasteiger partial charge in [0.05, 0.1) is 6.61 Å².